The quantitative estimate of drug-likeness (QED) is 0.621. The van der Waals surface area contributed by atoms with Gasteiger partial charge in [-0.05, 0) is 29.6 Å². The number of aromatic nitrogens is 1. The lowest BCUT2D eigenvalue weighted by Gasteiger charge is -1.83. The highest BCUT2D eigenvalue weighted by Crippen LogP contribution is 2.23. The van der Waals surface area contributed by atoms with Crippen molar-refractivity contribution in [3.63, 3.8) is 0 Å². The molecule has 0 saturated heterocycles. The van der Waals surface area contributed by atoms with Gasteiger partial charge in [-0.1, -0.05) is 0 Å². The molecule has 0 aromatic carbocycles. The maximum Gasteiger partial charge on any atom is 0.433 e. The molecule has 0 saturated carbocycles. The van der Waals surface area contributed by atoms with Gasteiger partial charge in [0.1, 0.15) is 21.9 Å². The van der Waals surface area contributed by atoms with Crippen LogP contribution in [0.2, 0.25) is 0 Å². The molecule has 0 radical (unpaired) electrons. The van der Waals surface area contributed by atoms with Crippen LogP contribution in [-0.2, 0) is 0 Å². The molecule has 0 aliphatic carbocycles. The summed E-state index contributed by atoms with van der Waals surface area (Å²) in [5.74, 6) is -0.0840. The van der Waals surface area contributed by atoms with Gasteiger partial charge in [0.05, 0.1) is 11.0 Å². The molecule has 2 aromatic rings. The lowest BCUT2D eigenvalue weighted by molar-refractivity contribution is -0.402. The van der Waals surface area contributed by atoms with Gasteiger partial charge < -0.3 is 4.42 Å². The van der Waals surface area contributed by atoms with E-state index in [4.69, 9.17) is 4.42 Å². The van der Waals surface area contributed by atoms with Crippen molar-refractivity contribution in [1.29, 1.82) is 0 Å². The Kier molecular flexibility index (Phi) is 3.15. The van der Waals surface area contributed by atoms with Crippen molar-refractivity contribution in [2.75, 3.05) is 0 Å². The molecule has 2 aromatic heterocycles. The van der Waals surface area contributed by atoms with Crippen LogP contribution in [0.3, 0.4) is 0 Å². The summed E-state index contributed by atoms with van der Waals surface area (Å²) in [6.45, 7) is 0. The summed E-state index contributed by atoms with van der Waals surface area (Å²) in [7, 11) is 0. The fourth-order valence-electron chi connectivity index (χ4n) is 1.12. The topological polar surface area (TPSA) is 112 Å². The van der Waals surface area contributed by atoms with Gasteiger partial charge in [0.15, 0.2) is 0 Å². The maximum absolute atomic E-state index is 10.4. The highest BCUT2D eigenvalue weighted by Gasteiger charge is 2.11. The van der Waals surface area contributed by atoms with Crippen LogP contribution < -0.4 is 0 Å². The van der Waals surface area contributed by atoms with Crippen LogP contribution >= 0.6 is 11.3 Å². The van der Waals surface area contributed by atoms with E-state index in [1.807, 2.05) is 0 Å². The van der Waals surface area contributed by atoms with Crippen molar-refractivity contribution >= 4 is 34.4 Å². The van der Waals surface area contributed by atoms with Crippen molar-refractivity contribution < 1.29 is 14.3 Å². The second-order valence-corrected chi connectivity index (χ2v) is 4.10. The smallest absolute Gasteiger partial charge is 0.401 e. The van der Waals surface area contributed by atoms with Crippen molar-refractivity contribution in [2.45, 2.75) is 0 Å². The molecule has 9 heteroatoms. The molecule has 0 aliphatic rings. The number of nitrogens with zero attached hydrogens (tertiary/aromatic N) is 3. The second kappa shape index (κ2) is 4.75. The zero-order chi connectivity index (χ0) is 13.1. The maximum atomic E-state index is 10.4. The molecule has 0 unspecified atom stereocenters. The van der Waals surface area contributed by atoms with E-state index in [-0.39, 0.29) is 16.6 Å². The molecule has 2 rings (SSSR count). The summed E-state index contributed by atoms with van der Waals surface area (Å²) >= 11 is 0.901. The normalized spacial score (nSPS) is 10.9. The summed E-state index contributed by atoms with van der Waals surface area (Å²) in [4.78, 5) is 23.4. The van der Waals surface area contributed by atoms with E-state index in [1.165, 1.54) is 24.3 Å². The van der Waals surface area contributed by atoms with E-state index in [0.717, 1.165) is 17.5 Å². The number of hydrogen-bond donors (Lipinski definition) is 0. The molecule has 0 spiro atoms. The fourth-order valence-corrected chi connectivity index (χ4v) is 1.76. The number of furan rings is 1. The predicted molar refractivity (Wildman–Crippen MR) is 63.1 cm³/mol. The number of rotatable bonds is 4. The molecular weight excluding hydrogens is 262 g/mol. The molecule has 0 amide bonds. The third-order valence-electron chi connectivity index (χ3n) is 1.87. The zero-order valence-corrected chi connectivity index (χ0v) is 9.49. The average Bonchev–Trinajstić information content (AvgIpc) is 2.95. The van der Waals surface area contributed by atoms with E-state index in [2.05, 4.69) is 4.98 Å². The van der Waals surface area contributed by atoms with Gasteiger partial charge in [0.2, 0.25) is 0 Å². The van der Waals surface area contributed by atoms with Crippen molar-refractivity contribution in [3.8, 4) is 0 Å². The number of thiazole rings is 1. The molecule has 92 valence electrons. The molecule has 8 nitrogen and oxygen atoms in total. The highest BCUT2D eigenvalue weighted by molar-refractivity contribution is 7.15. The first-order chi connectivity index (χ1) is 8.56. The Hall–Kier alpha value is -2.55. The van der Waals surface area contributed by atoms with E-state index < -0.39 is 9.85 Å². The summed E-state index contributed by atoms with van der Waals surface area (Å²) in [5, 5.41) is 21.1. The van der Waals surface area contributed by atoms with Gasteiger partial charge in [-0.15, -0.1) is 0 Å². The van der Waals surface area contributed by atoms with Crippen LogP contribution in [0.5, 0.6) is 0 Å². The monoisotopic (exact) mass is 267 g/mol. The van der Waals surface area contributed by atoms with Gasteiger partial charge in [-0.2, -0.15) is 0 Å². The summed E-state index contributed by atoms with van der Waals surface area (Å²) in [6, 6.07) is 2.65. The Morgan fingerprint density at radius 3 is 2.56 bits per heavy atom. The lowest BCUT2D eigenvalue weighted by Crippen LogP contribution is -1.82. The standard InChI is InChI=1S/C9H5N3O5S/c13-11(14)8-4-2-6(17-8)1-3-7-10-5-9(18-7)12(15)16/h1-5H. The van der Waals surface area contributed by atoms with Gasteiger partial charge in [0.25, 0.3) is 0 Å². The van der Waals surface area contributed by atoms with Gasteiger partial charge in [0, 0.05) is 0 Å². The lowest BCUT2D eigenvalue weighted by atomic mass is 10.4. The second-order valence-electron chi connectivity index (χ2n) is 3.06. The SMILES string of the molecule is O=[N+]([O-])c1ccc(C=Cc2ncc([N+](=O)[O-])s2)o1. The van der Waals surface area contributed by atoms with Crippen LogP contribution in [0, 0.1) is 20.2 Å². The van der Waals surface area contributed by atoms with Crippen molar-refractivity contribution in [3.05, 3.63) is 49.3 Å². The van der Waals surface area contributed by atoms with Gasteiger partial charge in [-0.25, -0.2) is 4.98 Å². The van der Waals surface area contributed by atoms with Gasteiger partial charge in [-0.3, -0.25) is 20.2 Å². The van der Waals surface area contributed by atoms with Crippen LogP contribution in [0.15, 0.2) is 22.7 Å². The minimum atomic E-state index is -0.647. The summed E-state index contributed by atoms with van der Waals surface area (Å²) in [6.07, 6.45) is 4.09. The third-order valence-corrected chi connectivity index (χ3v) is 2.79. The van der Waals surface area contributed by atoms with E-state index in [1.54, 1.807) is 0 Å². The Morgan fingerprint density at radius 2 is 2.00 bits per heavy atom. The van der Waals surface area contributed by atoms with Crippen LogP contribution in [-0.4, -0.2) is 14.8 Å². The van der Waals surface area contributed by atoms with Crippen molar-refractivity contribution in [1.82, 2.24) is 4.98 Å². The Labute approximate surface area is 103 Å². The zero-order valence-electron chi connectivity index (χ0n) is 8.68. The molecule has 0 aliphatic heterocycles. The first-order valence-electron chi connectivity index (χ1n) is 4.59. The van der Waals surface area contributed by atoms with Crippen molar-refractivity contribution in [2.24, 2.45) is 0 Å². The molecule has 18 heavy (non-hydrogen) atoms. The van der Waals surface area contributed by atoms with Gasteiger partial charge >= 0.3 is 10.9 Å². The minimum Gasteiger partial charge on any atom is -0.401 e. The Balaban J connectivity index is 2.13. The predicted octanol–water partition coefficient (Wildman–Crippen LogP) is 2.72. The van der Waals surface area contributed by atoms with Crippen LogP contribution in [0.25, 0.3) is 12.2 Å². The largest absolute Gasteiger partial charge is 0.433 e. The first kappa shape index (κ1) is 11.9. The minimum absolute atomic E-state index is 0.0694. The molecule has 0 N–H and O–H groups in total. The molecular formula is C9H5N3O5S. The summed E-state index contributed by atoms with van der Waals surface area (Å²) in [5.41, 5.74) is 0. The number of hydrogen-bond acceptors (Lipinski definition) is 7. The van der Waals surface area contributed by atoms with Crippen LogP contribution in [0.4, 0.5) is 10.9 Å². The molecule has 0 bridgehead atoms. The van der Waals surface area contributed by atoms with E-state index in [9.17, 15) is 20.2 Å². The third kappa shape index (κ3) is 2.58. The Bertz CT molecular complexity index is 575. The highest BCUT2D eigenvalue weighted by atomic mass is 32.1. The Morgan fingerprint density at radius 1 is 1.22 bits per heavy atom. The number of nitro groups is 2. The average molecular weight is 267 g/mol. The van der Waals surface area contributed by atoms with E-state index >= 15 is 0 Å². The van der Waals surface area contributed by atoms with E-state index in [0.29, 0.717) is 5.01 Å². The fraction of sp³-hybridized carbons (Fsp3) is 0. The summed E-state index contributed by atoms with van der Waals surface area (Å²) < 4.78 is 4.88. The molecule has 2 heterocycles. The van der Waals surface area contributed by atoms with Crippen LogP contribution in [0.1, 0.15) is 10.8 Å². The first-order valence-corrected chi connectivity index (χ1v) is 5.40. The molecule has 0 fully saturated rings. The molecule has 0 atom stereocenters.